The molecule has 3 heteroatoms. The number of hydrogen-bond donors (Lipinski definition) is 0. The first-order valence-corrected chi connectivity index (χ1v) is 8.77. The third kappa shape index (κ3) is 2.67. The molecule has 4 unspecified atom stereocenters. The highest BCUT2D eigenvalue weighted by Gasteiger charge is 2.58. The van der Waals surface area contributed by atoms with Crippen LogP contribution in [0.2, 0.25) is 0 Å². The summed E-state index contributed by atoms with van der Waals surface area (Å²) in [7, 11) is 0. The van der Waals surface area contributed by atoms with Crippen LogP contribution in [0.3, 0.4) is 0 Å². The Kier molecular flexibility index (Phi) is 4.46. The maximum absolute atomic E-state index is 12.5. The van der Waals surface area contributed by atoms with Crippen molar-refractivity contribution in [1.29, 1.82) is 0 Å². The van der Waals surface area contributed by atoms with Crippen LogP contribution in [0, 0.1) is 23.7 Å². The number of carbonyl (C=O) groups is 2. The molecule has 2 aliphatic carbocycles. The molecule has 0 aromatic heterocycles. The molecule has 4 atom stereocenters. The van der Waals surface area contributed by atoms with Gasteiger partial charge in [-0.3, -0.25) is 14.5 Å². The topological polar surface area (TPSA) is 37.4 Å². The molecule has 2 fully saturated rings. The van der Waals surface area contributed by atoms with E-state index in [9.17, 15) is 9.59 Å². The number of carbonyl (C=O) groups excluding carboxylic acids is 2. The van der Waals surface area contributed by atoms with E-state index in [1.807, 2.05) is 0 Å². The minimum Gasteiger partial charge on any atom is -0.282 e. The van der Waals surface area contributed by atoms with Gasteiger partial charge in [-0.05, 0) is 24.7 Å². The molecule has 1 heterocycles. The van der Waals surface area contributed by atoms with Gasteiger partial charge < -0.3 is 0 Å². The maximum Gasteiger partial charge on any atom is 0.233 e. The first-order chi connectivity index (χ1) is 10.2. The molecule has 0 radical (unpaired) electrons. The van der Waals surface area contributed by atoms with E-state index < -0.39 is 0 Å². The molecular weight excluding hydrogens is 262 g/mol. The van der Waals surface area contributed by atoms with Crippen LogP contribution in [0.25, 0.3) is 0 Å². The number of nitrogens with zero attached hydrogens (tertiary/aromatic N) is 1. The molecule has 0 N–H and O–H groups in total. The molecule has 0 spiro atoms. The highest BCUT2D eigenvalue weighted by molar-refractivity contribution is 6.06. The summed E-state index contributed by atoms with van der Waals surface area (Å²) < 4.78 is 0. The molecular formula is C18H27NO2. The van der Waals surface area contributed by atoms with Gasteiger partial charge >= 0.3 is 0 Å². The highest BCUT2D eigenvalue weighted by Crippen LogP contribution is 2.52. The molecule has 0 aromatic carbocycles. The van der Waals surface area contributed by atoms with Crippen molar-refractivity contribution in [3.8, 4) is 0 Å². The van der Waals surface area contributed by atoms with Gasteiger partial charge in [0.25, 0.3) is 0 Å². The van der Waals surface area contributed by atoms with Crippen LogP contribution in [0.15, 0.2) is 12.2 Å². The highest BCUT2D eigenvalue weighted by atomic mass is 16.2. The van der Waals surface area contributed by atoms with E-state index in [1.165, 1.54) is 32.1 Å². The van der Waals surface area contributed by atoms with E-state index in [1.54, 1.807) is 4.90 Å². The van der Waals surface area contributed by atoms with E-state index in [2.05, 4.69) is 19.1 Å². The zero-order chi connectivity index (χ0) is 14.8. The number of allylic oxidation sites excluding steroid dienone is 2. The molecule has 3 aliphatic rings. The van der Waals surface area contributed by atoms with Crippen molar-refractivity contribution in [1.82, 2.24) is 4.90 Å². The molecule has 3 nitrogen and oxygen atoms in total. The molecule has 0 aromatic rings. The minimum absolute atomic E-state index is 0.0166. The van der Waals surface area contributed by atoms with Gasteiger partial charge in [0.2, 0.25) is 11.8 Å². The number of imide groups is 1. The van der Waals surface area contributed by atoms with Gasteiger partial charge in [-0.15, -0.1) is 0 Å². The smallest absolute Gasteiger partial charge is 0.233 e. The lowest BCUT2D eigenvalue weighted by Gasteiger charge is -2.16. The second-order valence-corrected chi connectivity index (χ2v) is 6.95. The summed E-state index contributed by atoms with van der Waals surface area (Å²) >= 11 is 0. The Morgan fingerprint density at radius 1 is 0.905 bits per heavy atom. The zero-order valence-electron chi connectivity index (χ0n) is 13.1. The van der Waals surface area contributed by atoms with Gasteiger partial charge in [0.15, 0.2) is 0 Å². The second-order valence-electron chi connectivity index (χ2n) is 6.95. The van der Waals surface area contributed by atoms with Gasteiger partial charge in [0, 0.05) is 6.54 Å². The van der Waals surface area contributed by atoms with Crippen LogP contribution in [0.1, 0.15) is 58.3 Å². The number of rotatable bonds is 8. The SMILES string of the molecule is CCCCCCCCCN1C(=O)C2C3C=CC(C3)C2C1=O. The second kappa shape index (κ2) is 6.33. The van der Waals surface area contributed by atoms with Gasteiger partial charge in [0.05, 0.1) is 11.8 Å². The van der Waals surface area contributed by atoms with Crippen molar-refractivity contribution in [3.63, 3.8) is 0 Å². The van der Waals surface area contributed by atoms with Crippen molar-refractivity contribution in [2.75, 3.05) is 6.54 Å². The quantitative estimate of drug-likeness (QED) is 0.389. The normalized spacial score (nSPS) is 33.3. The molecule has 2 bridgehead atoms. The Bertz CT molecular complexity index is 412. The molecule has 1 saturated heterocycles. The summed E-state index contributed by atoms with van der Waals surface area (Å²) in [6, 6.07) is 0. The molecule has 1 saturated carbocycles. The van der Waals surface area contributed by atoms with Crippen LogP contribution < -0.4 is 0 Å². The van der Waals surface area contributed by atoms with E-state index >= 15 is 0 Å². The van der Waals surface area contributed by atoms with Crippen molar-refractivity contribution in [3.05, 3.63) is 12.2 Å². The monoisotopic (exact) mass is 289 g/mol. The standard InChI is InChI=1S/C18H27NO2/c1-2-3-4-5-6-7-8-11-19-17(20)15-13-9-10-14(12-13)16(15)18(19)21/h9-10,13-16H,2-8,11-12H2,1H3. The van der Waals surface area contributed by atoms with Crippen LogP contribution in [-0.4, -0.2) is 23.3 Å². The molecule has 1 aliphatic heterocycles. The lowest BCUT2D eigenvalue weighted by molar-refractivity contribution is -0.140. The maximum atomic E-state index is 12.5. The predicted octanol–water partition coefficient (Wildman–Crippen LogP) is 3.54. The Labute approximate surface area is 127 Å². The van der Waals surface area contributed by atoms with E-state index in [0.29, 0.717) is 18.4 Å². The predicted molar refractivity (Wildman–Crippen MR) is 82.4 cm³/mol. The van der Waals surface area contributed by atoms with E-state index in [0.717, 1.165) is 19.3 Å². The van der Waals surface area contributed by atoms with Crippen LogP contribution in [0.5, 0.6) is 0 Å². The van der Waals surface area contributed by atoms with Crippen molar-refractivity contribution < 1.29 is 9.59 Å². The Morgan fingerprint density at radius 3 is 2.00 bits per heavy atom. The summed E-state index contributed by atoms with van der Waals surface area (Å²) in [4.78, 5) is 26.5. The lowest BCUT2D eigenvalue weighted by Crippen LogP contribution is -2.33. The van der Waals surface area contributed by atoms with Crippen molar-refractivity contribution in [2.45, 2.75) is 58.3 Å². The number of hydrogen-bond acceptors (Lipinski definition) is 2. The summed E-state index contributed by atoms with van der Waals surface area (Å²) in [6.07, 6.45) is 13.9. The van der Waals surface area contributed by atoms with Crippen LogP contribution >= 0.6 is 0 Å². The minimum atomic E-state index is -0.0166. The van der Waals surface area contributed by atoms with Crippen molar-refractivity contribution >= 4 is 11.8 Å². The first-order valence-electron chi connectivity index (χ1n) is 8.77. The molecule has 116 valence electrons. The Balaban J connectivity index is 1.43. The largest absolute Gasteiger partial charge is 0.282 e. The average Bonchev–Trinajstić information content (AvgIpc) is 3.15. The third-order valence-electron chi connectivity index (χ3n) is 5.55. The fourth-order valence-corrected chi connectivity index (χ4v) is 4.41. The molecule has 21 heavy (non-hydrogen) atoms. The fourth-order valence-electron chi connectivity index (χ4n) is 4.41. The van der Waals surface area contributed by atoms with E-state index in [4.69, 9.17) is 0 Å². The first kappa shape index (κ1) is 14.8. The number of fused-ring (bicyclic) bond motifs is 5. The summed E-state index contributed by atoms with van der Waals surface area (Å²) in [5.74, 6) is 0.890. The number of amides is 2. The van der Waals surface area contributed by atoms with Gasteiger partial charge in [-0.25, -0.2) is 0 Å². The van der Waals surface area contributed by atoms with Gasteiger partial charge in [-0.2, -0.15) is 0 Å². The third-order valence-corrected chi connectivity index (χ3v) is 5.55. The number of likely N-dealkylation sites (tertiary alicyclic amines) is 1. The van der Waals surface area contributed by atoms with Gasteiger partial charge in [-0.1, -0.05) is 57.6 Å². The molecule has 2 amide bonds. The Hall–Kier alpha value is -1.12. The Morgan fingerprint density at radius 2 is 1.43 bits per heavy atom. The van der Waals surface area contributed by atoms with Crippen LogP contribution in [-0.2, 0) is 9.59 Å². The summed E-state index contributed by atoms with van der Waals surface area (Å²) in [5, 5.41) is 0. The zero-order valence-corrected chi connectivity index (χ0v) is 13.1. The average molecular weight is 289 g/mol. The lowest BCUT2D eigenvalue weighted by atomic mass is 9.85. The summed E-state index contributed by atoms with van der Waals surface area (Å²) in [5.41, 5.74) is 0. The van der Waals surface area contributed by atoms with Crippen LogP contribution in [0.4, 0.5) is 0 Å². The van der Waals surface area contributed by atoms with Gasteiger partial charge in [0.1, 0.15) is 0 Å². The summed E-state index contributed by atoms with van der Waals surface area (Å²) in [6.45, 7) is 2.88. The fraction of sp³-hybridized carbons (Fsp3) is 0.778. The molecule has 3 rings (SSSR count). The van der Waals surface area contributed by atoms with Crippen molar-refractivity contribution in [2.24, 2.45) is 23.7 Å². The number of unbranched alkanes of at least 4 members (excludes halogenated alkanes) is 6. The van der Waals surface area contributed by atoms with E-state index in [-0.39, 0.29) is 23.7 Å².